The highest BCUT2D eigenvalue weighted by Gasteiger charge is 2.36. The lowest BCUT2D eigenvalue weighted by Crippen LogP contribution is -2.44. The number of nitrogens with one attached hydrogen (secondary N) is 1. The van der Waals surface area contributed by atoms with Crippen LogP contribution in [0.2, 0.25) is 0 Å². The summed E-state index contributed by atoms with van der Waals surface area (Å²) in [6.07, 6.45) is 2.32. The zero-order valence-electron chi connectivity index (χ0n) is 13.5. The van der Waals surface area contributed by atoms with Gasteiger partial charge < -0.3 is 14.6 Å². The van der Waals surface area contributed by atoms with Crippen molar-refractivity contribution in [3.05, 3.63) is 23.7 Å². The first kappa shape index (κ1) is 16.9. The number of hydrogen-bond donors (Lipinski definition) is 1. The molecule has 0 bridgehead atoms. The van der Waals surface area contributed by atoms with Crippen LogP contribution in [0.25, 0.3) is 0 Å². The second-order valence-electron chi connectivity index (χ2n) is 6.33. The summed E-state index contributed by atoms with van der Waals surface area (Å²) in [6.45, 7) is 4.20. The molecule has 1 aliphatic carbocycles. The fourth-order valence-corrected chi connectivity index (χ4v) is 3.54. The third-order valence-electron chi connectivity index (χ3n) is 4.10. The molecule has 0 spiro atoms. The molecule has 0 aromatic carbocycles. The molecule has 2 rings (SSSR count). The Morgan fingerprint density at radius 2 is 2.14 bits per heavy atom. The standard InChI is InChI=1S/C15H24N2O4S/c1-10-7-13(10)14-6-5-12(21-14)8-16-15(18)17(3)11(2)9-22(4,19)20/h5-6,10-11,13H,7-9H2,1-4H3,(H,16,18)/t10-,11-,13-/m1/s1. The monoisotopic (exact) mass is 328 g/mol. The molecule has 0 aliphatic heterocycles. The van der Waals surface area contributed by atoms with Gasteiger partial charge in [-0.3, -0.25) is 0 Å². The van der Waals surface area contributed by atoms with Crippen molar-refractivity contribution in [3.8, 4) is 0 Å². The second kappa shape index (κ2) is 6.32. The van der Waals surface area contributed by atoms with Gasteiger partial charge in [0.15, 0.2) is 0 Å². The Hall–Kier alpha value is -1.50. The van der Waals surface area contributed by atoms with Gasteiger partial charge in [0.25, 0.3) is 0 Å². The van der Waals surface area contributed by atoms with E-state index in [1.807, 2.05) is 12.1 Å². The Kier molecular flexibility index (Phi) is 4.84. The number of sulfone groups is 1. The molecule has 1 fully saturated rings. The molecule has 1 aromatic rings. The van der Waals surface area contributed by atoms with Crippen LogP contribution in [0.3, 0.4) is 0 Å². The van der Waals surface area contributed by atoms with Crippen molar-refractivity contribution in [3.63, 3.8) is 0 Å². The first-order valence-electron chi connectivity index (χ1n) is 7.44. The minimum atomic E-state index is -3.11. The van der Waals surface area contributed by atoms with Crippen LogP contribution in [0.1, 0.15) is 37.7 Å². The van der Waals surface area contributed by atoms with Crippen LogP contribution in [0.15, 0.2) is 16.5 Å². The van der Waals surface area contributed by atoms with Gasteiger partial charge >= 0.3 is 6.03 Å². The summed E-state index contributed by atoms with van der Waals surface area (Å²) < 4.78 is 28.3. The molecule has 1 aliphatic rings. The van der Waals surface area contributed by atoms with Crippen molar-refractivity contribution < 1.29 is 17.6 Å². The van der Waals surface area contributed by atoms with Crippen molar-refractivity contribution in [2.75, 3.05) is 19.1 Å². The molecule has 7 heteroatoms. The summed E-state index contributed by atoms with van der Waals surface area (Å²) in [5, 5.41) is 2.75. The van der Waals surface area contributed by atoms with Crippen LogP contribution in [0, 0.1) is 5.92 Å². The molecular formula is C15H24N2O4S. The van der Waals surface area contributed by atoms with Gasteiger partial charge in [-0.2, -0.15) is 0 Å². The Balaban J connectivity index is 1.82. The van der Waals surface area contributed by atoms with Crippen molar-refractivity contribution in [1.82, 2.24) is 10.2 Å². The lowest BCUT2D eigenvalue weighted by atomic mass is 10.3. The predicted octanol–water partition coefficient (Wildman–Crippen LogP) is 1.98. The maximum Gasteiger partial charge on any atom is 0.317 e. The van der Waals surface area contributed by atoms with Gasteiger partial charge in [-0.05, 0) is 31.4 Å². The second-order valence-corrected chi connectivity index (χ2v) is 8.52. The lowest BCUT2D eigenvalue weighted by molar-refractivity contribution is 0.196. The van der Waals surface area contributed by atoms with Crippen LogP contribution < -0.4 is 5.32 Å². The van der Waals surface area contributed by atoms with Crippen LogP contribution in [0.5, 0.6) is 0 Å². The molecule has 0 saturated heterocycles. The molecule has 1 N–H and O–H groups in total. The van der Waals surface area contributed by atoms with Gasteiger partial charge in [-0.25, -0.2) is 13.2 Å². The number of carbonyl (C=O) groups is 1. The van der Waals surface area contributed by atoms with Crippen LogP contribution in [-0.4, -0.2) is 44.4 Å². The van der Waals surface area contributed by atoms with E-state index >= 15 is 0 Å². The zero-order valence-corrected chi connectivity index (χ0v) is 14.3. The van der Waals surface area contributed by atoms with E-state index in [1.54, 1.807) is 14.0 Å². The quantitative estimate of drug-likeness (QED) is 0.866. The largest absolute Gasteiger partial charge is 0.464 e. The normalized spacial score (nSPS) is 22.2. The summed E-state index contributed by atoms with van der Waals surface area (Å²) in [7, 11) is -1.53. The molecule has 22 heavy (non-hydrogen) atoms. The molecule has 1 saturated carbocycles. The minimum absolute atomic E-state index is 0.0542. The van der Waals surface area contributed by atoms with Gasteiger partial charge in [0.1, 0.15) is 21.4 Å². The first-order valence-corrected chi connectivity index (χ1v) is 9.50. The maximum atomic E-state index is 12.0. The summed E-state index contributed by atoms with van der Waals surface area (Å²) >= 11 is 0. The average Bonchev–Trinajstić information content (AvgIpc) is 2.96. The predicted molar refractivity (Wildman–Crippen MR) is 84.4 cm³/mol. The molecule has 1 aromatic heterocycles. The van der Waals surface area contributed by atoms with Crippen molar-refractivity contribution in [2.45, 2.75) is 38.8 Å². The first-order chi connectivity index (χ1) is 10.2. The molecular weight excluding hydrogens is 304 g/mol. The van der Waals surface area contributed by atoms with Gasteiger partial charge in [0.05, 0.1) is 12.3 Å². The topological polar surface area (TPSA) is 79.6 Å². The third kappa shape index (κ3) is 4.50. The van der Waals surface area contributed by atoms with Crippen molar-refractivity contribution >= 4 is 15.9 Å². The summed E-state index contributed by atoms with van der Waals surface area (Å²) in [6, 6.07) is 3.15. The van der Waals surface area contributed by atoms with E-state index in [0.717, 1.165) is 12.2 Å². The molecule has 6 nitrogen and oxygen atoms in total. The van der Waals surface area contributed by atoms with Crippen molar-refractivity contribution in [2.24, 2.45) is 5.92 Å². The number of urea groups is 1. The fraction of sp³-hybridized carbons (Fsp3) is 0.667. The van der Waals surface area contributed by atoms with Gasteiger partial charge in [-0.1, -0.05) is 6.92 Å². The number of furan rings is 1. The van der Waals surface area contributed by atoms with E-state index in [0.29, 0.717) is 24.1 Å². The highest BCUT2D eigenvalue weighted by Crippen LogP contribution is 2.47. The van der Waals surface area contributed by atoms with Crippen LogP contribution >= 0.6 is 0 Å². The number of amides is 2. The third-order valence-corrected chi connectivity index (χ3v) is 5.18. The SMILES string of the molecule is C[C@@H]1C[C@H]1c1ccc(CNC(=O)N(C)[C@H](C)CS(C)(=O)=O)o1. The molecule has 0 unspecified atom stereocenters. The van der Waals surface area contributed by atoms with Gasteiger partial charge in [0.2, 0.25) is 0 Å². The average molecular weight is 328 g/mol. The van der Waals surface area contributed by atoms with Gasteiger partial charge in [-0.15, -0.1) is 0 Å². The Bertz CT molecular complexity index is 638. The highest BCUT2D eigenvalue weighted by molar-refractivity contribution is 7.90. The lowest BCUT2D eigenvalue weighted by Gasteiger charge is -2.24. The summed E-state index contributed by atoms with van der Waals surface area (Å²) in [5.74, 6) is 2.84. The molecule has 0 radical (unpaired) electrons. The van der Waals surface area contributed by atoms with E-state index in [1.165, 1.54) is 11.2 Å². The number of carbonyl (C=O) groups excluding carboxylic acids is 1. The Morgan fingerprint density at radius 3 is 2.68 bits per heavy atom. The molecule has 2 amide bonds. The Labute approximate surface area is 131 Å². The Morgan fingerprint density at radius 1 is 1.50 bits per heavy atom. The van der Waals surface area contributed by atoms with E-state index in [2.05, 4.69) is 12.2 Å². The molecule has 3 atom stereocenters. The zero-order chi connectivity index (χ0) is 16.5. The van der Waals surface area contributed by atoms with Crippen LogP contribution in [0.4, 0.5) is 4.79 Å². The highest BCUT2D eigenvalue weighted by atomic mass is 32.2. The minimum Gasteiger partial charge on any atom is -0.464 e. The number of nitrogens with zero attached hydrogens (tertiary/aromatic N) is 1. The molecule has 1 heterocycles. The van der Waals surface area contributed by atoms with E-state index in [4.69, 9.17) is 4.42 Å². The summed E-state index contributed by atoms with van der Waals surface area (Å²) in [4.78, 5) is 13.4. The van der Waals surface area contributed by atoms with Gasteiger partial charge in [0, 0.05) is 25.3 Å². The van der Waals surface area contributed by atoms with E-state index < -0.39 is 9.84 Å². The summed E-state index contributed by atoms with van der Waals surface area (Å²) in [5.41, 5.74) is 0. The smallest absolute Gasteiger partial charge is 0.317 e. The fourth-order valence-electron chi connectivity index (χ4n) is 2.44. The number of rotatable bonds is 6. The number of hydrogen-bond acceptors (Lipinski definition) is 4. The van der Waals surface area contributed by atoms with E-state index in [9.17, 15) is 13.2 Å². The van der Waals surface area contributed by atoms with E-state index in [-0.39, 0.29) is 17.8 Å². The maximum absolute atomic E-state index is 12.0. The van der Waals surface area contributed by atoms with Crippen LogP contribution in [-0.2, 0) is 16.4 Å². The van der Waals surface area contributed by atoms with Crippen molar-refractivity contribution in [1.29, 1.82) is 0 Å². The molecule has 124 valence electrons.